The van der Waals surface area contributed by atoms with Crippen molar-refractivity contribution in [1.29, 1.82) is 0 Å². The van der Waals surface area contributed by atoms with Crippen molar-refractivity contribution in [2.24, 2.45) is 0 Å². The van der Waals surface area contributed by atoms with E-state index >= 15 is 0 Å². The molecule has 2 aliphatic rings. The summed E-state index contributed by atoms with van der Waals surface area (Å²) >= 11 is 1.93. The first-order valence-corrected chi connectivity index (χ1v) is 21.3. The van der Waals surface area contributed by atoms with Crippen LogP contribution in [-0.2, 0) is 5.41 Å². The number of fused-ring (bicyclic) bond motifs is 11. The van der Waals surface area contributed by atoms with E-state index in [0.29, 0.717) is 5.82 Å². The molecular formula is C57H36N2S. The maximum Gasteiger partial charge on any atom is 0.160 e. The lowest BCUT2D eigenvalue weighted by atomic mass is 9.66. The van der Waals surface area contributed by atoms with Gasteiger partial charge in [-0.2, -0.15) is 0 Å². The Kier molecular flexibility index (Phi) is 8.04. The Morgan fingerprint density at radius 3 is 1.55 bits per heavy atom. The Morgan fingerprint density at radius 1 is 0.317 bits per heavy atom. The van der Waals surface area contributed by atoms with Crippen molar-refractivity contribution >= 4 is 22.5 Å². The molecule has 2 nitrogen and oxygen atoms in total. The molecule has 12 rings (SSSR count). The van der Waals surface area contributed by atoms with Crippen LogP contribution in [0.3, 0.4) is 0 Å². The van der Waals surface area contributed by atoms with Crippen LogP contribution in [0.1, 0.15) is 22.3 Å². The van der Waals surface area contributed by atoms with Gasteiger partial charge in [-0.1, -0.05) is 212 Å². The van der Waals surface area contributed by atoms with Crippen molar-refractivity contribution in [3.8, 4) is 67.3 Å². The molecule has 0 radical (unpaired) electrons. The highest BCUT2D eigenvalue weighted by Crippen LogP contribution is 2.64. The van der Waals surface area contributed by atoms with E-state index < -0.39 is 5.41 Å². The second-order valence-electron chi connectivity index (χ2n) is 15.6. The average Bonchev–Trinajstić information content (AvgIpc) is 3.62. The van der Waals surface area contributed by atoms with Gasteiger partial charge in [0.25, 0.3) is 0 Å². The van der Waals surface area contributed by atoms with E-state index in [1.165, 1.54) is 65.1 Å². The van der Waals surface area contributed by atoms with Gasteiger partial charge in [0, 0.05) is 26.5 Å². The second-order valence-corrected chi connectivity index (χ2v) is 16.7. The monoisotopic (exact) mass is 780 g/mol. The lowest BCUT2D eigenvalue weighted by Gasteiger charge is -2.41. The Balaban J connectivity index is 1.02. The number of benzene rings is 9. The normalized spacial score (nSPS) is 13.1. The molecule has 3 heteroatoms. The van der Waals surface area contributed by atoms with E-state index in [1.807, 2.05) is 36.0 Å². The fourth-order valence-corrected chi connectivity index (χ4v) is 11.1. The molecule has 10 aromatic rings. The minimum Gasteiger partial charge on any atom is -0.228 e. The molecular weight excluding hydrogens is 745 g/mol. The maximum absolute atomic E-state index is 5.14. The smallest absolute Gasteiger partial charge is 0.160 e. The van der Waals surface area contributed by atoms with Crippen LogP contribution < -0.4 is 0 Å². The zero-order valence-corrected chi connectivity index (χ0v) is 33.4. The molecule has 1 spiro atoms. The zero-order chi connectivity index (χ0) is 39.6. The minimum atomic E-state index is -0.455. The molecule has 280 valence electrons. The summed E-state index contributed by atoms with van der Waals surface area (Å²) in [5.74, 6) is 0.713. The Bertz CT molecular complexity index is 3190. The van der Waals surface area contributed by atoms with E-state index in [-0.39, 0.29) is 0 Å². The van der Waals surface area contributed by atoms with Crippen molar-refractivity contribution in [3.05, 3.63) is 241 Å². The van der Waals surface area contributed by atoms with E-state index in [2.05, 4.69) is 194 Å². The van der Waals surface area contributed by atoms with Gasteiger partial charge < -0.3 is 0 Å². The molecule has 60 heavy (non-hydrogen) atoms. The number of hydrogen-bond acceptors (Lipinski definition) is 3. The average molecular weight is 781 g/mol. The van der Waals surface area contributed by atoms with Gasteiger partial charge >= 0.3 is 0 Å². The highest BCUT2D eigenvalue weighted by Gasteiger charge is 2.50. The first-order chi connectivity index (χ1) is 29.7. The summed E-state index contributed by atoms with van der Waals surface area (Å²) in [6.45, 7) is 0. The summed E-state index contributed by atoms with van der Waals surface area (Å²) in [7, 11) is 0. The quantitative estimate of drug-likeness (QED) is 0.174. The summed E-state index contributed by atoms with van der Waals surface area (Å²) in [6, 6.07) is 79.2. The van der Waals surface area contributed by atoms with Crippen LogP contribution in [0, 0.1) is 0 Å². The number of nitrogens with zero attached hydrogens (tertiary/aromatic N) is 2. The Labute approximate surface area is 353 Å². The molecule has 0 N–H and O–H groups in total. The van der Waals surface area contributed by atoms with Crippen molar-refractivity contribution in [1.82, 2.24) is 9.97 Å². The van der Waals surface area contributed by atoms with Gasteiger partial charge in [0.05, 0.1) is 16.8 Å². The fraction of sp³-hybridized carbons (Fsp3) is 0.0175. The van der Waals surface area contributed by atoms with Crippen LogP contribution in [0.25, 0.3) is 78.1 Å². The van der Waals surface area contributed by atoms with Crippen LogP contribution in [0.5, 0.6) is 0 Å². The number of aromatic nitrogens is 2. The van der Waals surface area contributed by atoms with Crippen LogP contribution in [0.4, 0.5) is 0 Å². The SMILES string of the molecule is c1ccc(-c2cc(-c3cccc(-c4cccc(-c5cccc6c5Sc5c(ccc7ccccc57)C65c6ccccc6-c6ccccc65)c4)c3)nc(-c3ccccc3)n2)cc1. The first-order valence-electron chi connectivity index (χ1n) is 20.5. The van der Waals surface area contributed by atoms with Gasteiger partial charge in [-0.3, -0.25) is 0 Å². The van der Waals surface area contributed by atoms with Gasteiger partial charge in [0.1, 0.15) is 0 Å². The fourth-order valence-electron chi connectivity index (χ4n) is 9.67. The lowest BCUT2D eigenvalue weighted by molar-refractivity contribution is 0.726. The van der Waals surface area contributed by atoms with E-state index in [4.69, 9.17) is 9.97 Å². The molecule has 0 fully saturated rings. The maximum atomic E-state index is 5.14. The molecule has 1 aromatic heterocycles. The summed E-state index contributed by atoms with van der Waals surface area (Å²) in [6.07, 6.45) is 0. The van der Waals surface area contributed by atoms with Crippen LogP contribution >= 0.6 is 11.8 Å². The summed E-state index contributed by atoms with van der Waals surface area (Å²) in [5, 5.41) is 2.56. The summed E-state index contributed by atoms with van der Waals surface area (Å²) in [5.41, 5.74) is 17.2. The molecule has 0 saturated carbocycles. The second kappa shape index (κ2) is 13.9. The van der Waals surface area contributed by atoms with Crippen molar-refractivity contribution in [2.75, 3.05) is 0 Å². The van der Waals surface area contributed by atoms with Crippen LogP contribution in [-0.4, -0.2) is 9.97 Å². The number of hydrogen-bond donors (Lipinski definition) is 0. The van der Waals surface area contributed by atoms with Crippen LogP contribution in [0.2, 0.25) is 0 Å². The van der Waals surface area contributed by atoms with Crippen molar-refractivity contribution < 1.29 is 0 Å². The van der Waals surface area contributed by atoms with Gasteiger partial charge in [0.2, 0.25) is 0 Å². The van der Waals surface area contributed by atoms with Crippen molar-refractivity contribution in [3.63, 3.8) is 0 Å². The number of rotatable bonds is 5. The van der Waals surface area contributed by atoms with E-state index in [1.54, 1.807) is 0 Å². The third-order valence-electron chi connectivity index (χ3n) is 12.4. The standard InChI is InChI=1S/C57H36N2S/c1-3-17-38(18-4-1)52-36-53(59-56(58-52)39-19-5-2-6-20-39)43-24-14-22-41(35-43)40-21-13-23-42(34-40)45-28-15-31-50-55(45)60-54-44-25-8-7-16-37(44)32-33-51(54)57(50)48-29-11-9-26-46(48)47-27-10-12-30-49(47)57/h1-36H. The summed E-state index contributed by atoms with van der Waals surface area (Å²) in [4.78, 5) is 12.8. The molecule has 1 aliphatic heterocycles. The molecule has 0 bridgehead atoms. The van der Waals surface area contributed by atoms with Gasteiger partial charge in [-0.25, -0.2) is 9.97 Å². The first kappa shape index (κ1) is 34.7. The zero-order valence-electron chi connectivity index (χ0n) is 32.6. The third kappa shape index (κ3) is 5.36. The third-order valence-corrected chi connectivity index (χ3v) is 13.6. The topological polar surface area (TPSA) is 25.8 Å². The van der Waals surface area contributed by atoms with Crippen LogP contribution in [0.15, 0.2) is 228 Å². The molecule has 1 aliphatic carbocycles. The highest BCUT2D eigenvalue weighted by molar-refractivity contribution is 8.00. The highest BCUT2D eigenvalue weighted by atomic mass is 32.2. The van der Waals surface area contributed by atoms with Gasteiger partial charge in [-0.05, 0) is 84.6 Å². The Morgan fingerprint density at radius 2 is 0.817 bits per heavy atom. The Hall–Kier alpha value is -7.33. The predicted molar refractivity (Wildman–Crippen MR) is 248 cm³/mol. The molecule has 9 aromatic carbocycles. The van der Waals surface area contributed by atoms with E-state index in [0.717, 1.165) is 39.2 Å². The molecule has 0 saturated heterocycles. The lowest BCUT2D eigenvalue weighted by Crippen LogP contribution is -2.32. The summed E-state index contributed by atoms with van der Waals surface area (Å²) < 4.78 is 0. The largest absolute Gasteiger partial charge is 0.228 e. The molecule has 0 atom stereocenters. The molecule has 2 heterocycles. The van der Waals surface area contributed by atoms with Gasteiger partial charge in [-0.15, -0.1) is 0 Å². The van der Waals surface area contributed by atoms with Gasteiger partial charge in [0.15, 0.2) is 5.82 Å². The predicted octanol–water partition coefficient (Wildman–Crippen LogP) is 14.8. The minimum absolute atomic E-state index is 0.455. The van der Waals surface area contributed by atoms with E-state index in [9.17, 15) is 0 Å². The molecule has 0 amide bonds. The van der Waals surface area contributed by atoms with Crippen molar-refractivity contribution in [2.45, 2.75) is 15.2 Å². The molecule has 0 unspecified atom stereocenters.